The third kappa shape index (κ3) is 158. The van der Waals surface area contributed by atoms with E-state index in [-0.39, 0.29) is 84.9 Å². The van der Waals surface area contributed by atoms with Crippen molar-refractivity contribution >= 4 is 11.9 Å². The number of hydrogen-bond donors (Lipinski definition) is 2. The van der Waals surface area contributed by atoms with Gasteiger partial charge in [0.2, 0.25) is 0 Å². The molecule has 0 amide bonds. The van der Waals surface area contributed by atoms with Gasteiger partial charge in [0.25, 0.3) is 0 Å². The van der Waals surface area contributed by atoms with E-state index < -0.39 is 11.9 Å². The first kappa shape index (κ1) is 151. The molecule has 0 fully saturated rings. The Balaban J connectivity index is -0.00000000278. The third-order valence-electron chi connectivity index (χ3n) is 0.183. The Bertz CT molecular complexity index is 79.9. The predicted octanol–water partition coefficient (Wildman–Crippen LogP) is -8.27. The molecule has 0 aromatic heterocycles. The summed E-state index contributed by atoms with van der Waals surface area (Å²) in [6.45, 7) is 0. The van der Waals surface area contributed by atoms with E-state index in [2.05, 4.69) is 0 Å². The van der Waals surface area contributed by atoms with Gasteiger partial charge in [0, 0.05) is 35.6 Å². The van der Waals surface area contributed by atoms with Crippen LogP contribution in [0.2, 0.25) is 0 Å². The van der Waals surface area contributed by atoms with E-state index in [0.717, 1.165) is 0 Å². The maximum absolute atomic E-state index is 9.10. The number of carboxylic acids is 2. The van der Waals surface area contributed by atoms with E-state index in [9.17, 15) is 0 Å². The first-order chi connectivity index (χ1) is 2.64. The first-order valence-corrected chi connectivity index (χ1v) is 1.11. The second-order valence-electron chi connectivity index (χ2n) is 0.610. The molecule has 16 heavy (non-hydrogen) atoms. The van der Waals surface area contributed by atoms with Crippen molar-refractivity contribution in [3.8, 4) is 0 Å². The normalized spacial score (nSPS) is 2.75. The number of carboxylic acid groups (broad SMARTS) is 2. The summed E-state index contributed by atoms with van der Waals surface area (Å²) in [6, 6.07) is 0. The molecule has 0 saturated carbocycles. The largest absolute Gasteiger partial charge is 0.473 e. The van der Waals surface area contributed by atoms with Gasteiger partial charge in [0.1, 0.15) is 0 Å². The summed E-state index contributed by atoms with van der Waals surface area (Å²) < 4.78 is 0. The van der Waals surface area contributed by atoms with Crippen LogP contribution in [0.4, 0.5) is 0 Å². The van der Waals surface area contributed by atoms with Crippen LogP contribution in [0.25, 0.3) is 0 Å². The molecule has 0 spiro atoms. The summed E-state index contributed by atoms with van der Waals surface area (Å²) in [5, 5.41) is 14.8. The molecule has 0 rings (SSSR count). The van der Waals surface area contributed by atoms with Crippen LogP contribution in [0.5, 0.6) is 0 Å². The summed E-state index contributed by atoms with van der Waals surface area (Å²) in [5.41, 5.74) is 0. The standard InChI is InChI=1S/C2H2O4.La.9H2O/c3-1(4)2(5)6;;;;;;;;;;/h(H,3,4)(H,5,6);;9*1H2. The fraction of sp³-hybridized carbons (Fsp3) is 0. The quantitative estimate of drug-likeness (QED) is 0.379. The number of hydrogen-bond acceptors (Lipinski definition) is 2. The van der Waals surface area contributed by atoms with Crippen molar-refractivity contribution in [1.82, 2.24) is 0 Å². The molecular weight excluding hydrogens is 371 g/mol. The van der Waals surface area contributed by atoms with Crippen LogP contribution in [-0.2, 0) is 9.59 Å². The Labute approximate surface area is 116 Å². The molecular formula is C2H20LaO13. The summed E-state index contributed by atoms with van der Waals surface area (Å²) in [5.74, 6) is -3.65. The smallest absolute Gasteiger partial charge is 0.414 e. The minimum absolute atomic E-state index is 0. The van der Waals surface area contributed by atoms with Crippen molar-refractivity contribution in [2.75, 3.05) is 0 Å². The molecule has 13 nitrogen and oxygen atoms in total. The van der Waals surface area contributed by atoms with Gasteiger partial charge in [0.15, 0.2) is 0 Å². The minimum Gasteiger partial charge on any atom is -0.473 e. The zero-order valence-corrected chi connectivity index (χ0v) is 11.4. The number of rotatable bonds is 0. The van der Waals surface area contributed by atoms with Gasteiger partial charge in [-0.15, -0.1) is 0 Å². The molecule has 20 N–H and O–H groups in total. The van der Waals surface area contributed by atoms with Gasteiger partial charge in [-0.2, -0.15) is 0 Å². The average molecular weight is 391 g/mol. The van der Waals surface area contributed by atoms with E-state index in [0.29, 0.717) is 0 Å². The second-order valence-corrected chi connectivity index (χ2v) is 0.610. The van der Waals surface area contributed by atoms with Gasteiger partial charge >= 0.3 is 11.9 Å². The molecule has 0 heterocycles. The van der Waals surface area contributed by atoms with Crippen molar-refractivity contribution in [1.29, 1.82) is 0 Å². The van der Waals surface area contributed by atoms with E-state index >= 15 is 0 Å². The summed E-state index contributed by atoms with van der Waals surface area (Å²) in [4.78, 5) is 18.2. The van der Waals surface area contributed by atoms with Gasteiger partial charge in [-0.05, 0) is 0 Å². The third-order valence-corrected chi connectivity index (χ3v) is 0.183. The Kier molecular flexibility index (Phi) is 794. The molecule has 0 aromatic carbocycles. The topological polar surface area (TPSA) is 358 Å². The first-order valence-electron chi connectivity index (χ1n) is 1.11. The zero-order valence-electron chi connectivity index (χ0n) is 7.79. The van der Waals surface area contributed by atoms with Crippen LogP contribution in [0.15, 0.2) is 0 Å². The van der Waals surface area contributed by atoms with Gasteiger partial charge in [0.05, 0.1) is 0 Å². The Morgan fingerprint density at radius 3 is 0.562 bits per heavy atom. The predicted molar refractivity (Wildman–Crippen MR) is 47.8 cm³/mol. The van der Waals surface area contributed by atoms with Gasteiger partial charge in [-0.3, -0.25) is 0 Å². The number of aliphatic carboxylic acids is 2. The Hall–Kier alpha value is -0.225. The minimum atomic E-state index is -1.82. The van der Waals surface area contributed by atoms with Gasteiger partial charge in [-0.1, -0.05) is 0 Å². The SMILES string of the molecule is O.O.O.O.O.O.O.O.O.O=C(O)C(=O)O.[La]. The molecule has 0 aromatic rings. The number of carbonyl (C=O) groups is 2. The van der Waals surface area contributed by atoms with E-state index in [4.69, 9.17) is 19.8 Å². The van der Waals surface area contributed by atoms with Crippen molar-refractivity contribution in [2.45, 2.75) is 0 Å². The van der Waals surface area contributed by atoms with Crippen molar-refractivity contribution in [2.24, 2.45) is 0 Å². The fourth-order valence-electron chi connectivity index (χ4n) is 0. The van der Waals surface area contributed by atoms with Gasteiger partial charge < -0.3 is 59.5 Å². The van der Waals surface area contributed by atoms with Gasteiger partial charge in [-0.25, -0.2) is 9.59 Å². The monoisotopic (exact) mass is 391 g/mol. The van der Waals surface area contributed by atoms with Crippen LogP contribution < -0.4 is 0 Å². The van der Waals surface area contributed by atoms with Crippen molar-refractivity contribution in [3.05, 3.63) is 0 Å². The van der Waals surface area contributed by atoms with Crippen LogP contribution in [0.1, 0.15) is 0 Å². The molecule has 0 unspecified atom stereocenters. The molecule has 0 aliphatic carbocycles. The van der Waals surface area contributed by atoms with Crippen molar-refractivity contribution in [3.63, 3.8) is 0 Å². The molecule has 0 bridgehead atoms. The summed E-state index contributed by atoms with van der Waals surface area (Å²) in [6.07, 6.45) is 0. The fourth-order valence-corrected chi connectivity index (χ4v) is 0. The summed E-state index contributed by atoms with van der Waals surface area (Å²) in [7, 11) is 0. The molecule has 0 atom stereocenters. The molecule has 1 radical (unpaired) electrons. The molecule has 14 heteroatoms. The van der Waals surface area contributed by atoms with E-state index in [1.807, 2.05) is 0 Å². The van der Waals surface area contributed by atoms with Crippen molar-refractivity contribution < 1.29 is 105 Å². The molecule has 0 aliphatic heterocycles. The maximum Gasteiger partial charge on any atom is 0.414 e. The molecule has 0 aliphatic rings. The van der Waals surface area contributed by atoms with Crippen LogP contribution >= 0.6 is 0 Å². The Morgan fingerprint density at radius 1 is 0.500 bits per heavy atom. The second kappa shape index (κ2) is 84.1. The van der Waals surface area contributed by atoms with E-state index in [1.165, 1.54) is 0 Å². The molecule has 109 valence electrons. The zero-order chi connectivity index (χ0) is 5.15. The van der Waals surface area contributed by atoms with Crippen LogP contribution in [0, 0.1) is 35.6 Å². The average Bonchev–Trinajstić information content (AvgIpc) is 1.36. The van der Waals surface area contributed by atoms with Crippen LogP contribution in [0.3, 0.4) is 0 Å². The van der Waals surface area contributed by atoms with Crippen LogP contribution in [-0.4, -0.2) is 71.4 Å². The maximum atomic E-state index is 9.10. The Morgan fingerprint density at radius 2 is 0.562 bits per heavy atom. The molecule has 0 saturated heterocycles. The summed E-state index contributed by atoms with van der Waals surface area (Å²) >= 11 is 0. The van der Waals surface area contributed by atoms with E-state index in [1.54, 1.807) is 0 Å².